The lowest BCUT2D eigenvalue weighted by molar-refractivity contribution is 1.44. The molecule has 2 nitrogen and oxygen atoms in total. The number of hydrogen-bond acceptors (Lipinski definition) is 2. The summed E-state index contributed by atoms with van der Waals surface area (Å²) in [5.41, 5.74) is 9.92. The van der Waals surface area contributed by atoms with Gasteiger partial charge in [-0.05, 0) is 59.7 Å². The summed E-state index contributed by atoms with van der Waals surface area (Å²) < 4.78 is 1.09. The minimum atomic E-state index is 0.805. The summed E-state index contributed by atoms with van der Waals surface area (Å²) in [6, 6.07) is 18.5. The van der Waals surface area contributed by atoms with Gasteiger partial charge in [-0.2, -0.15) is 0 Å². The second-order valence-corrected chi connectivity index (χ2v) is 5.77. The number of rotatable bonds is 2. The Morgan fingerprint density at radius 2 is 1.70 bits per heavy atom. The van der Waals surface area contributed by atoms with E-state index in [1.54, 1.807) is 0 Å². The average Bonchev–Trinajstić information content (AvgIpc) is 2.44. The van der Waals surface area contributed by atoms with Crippen LogP contribution < -0.4 is 11.1 Å². The molecule has 0 heterocycles. The van der Waals surface area contributed by atoms with Crippen molar-refractivity contribution in [1.82, 2.24) is 0 Å². The van der Waals surface area contributed by atoms with Crippen LogP contribution in [0, 0.1) is 6.92 Å². The molecule has 0 aliphatic heterocycles. The molecule has 0 saturated heterocycles. The molecule has 0 unspecified atom stereocenters. The Hall–Kier alpha value is -2.00. The molecular weight excluding hydrogens is 312 g/mol. The van der Waals surface area contributed by atoms with E-state index in [1.807, 2.05) is 25.1 Å². The first-order valence-corrected chi connectivity index (χ1v) is 7.24. The normalized spacial score (nSPS) is 10.7. The largest absolute Gasteiger partial charge is 0.398 e. The van der Waals surface area contributed by atoms with Crippen molar-refractivity contribution in [3.8, 4) is 0 Å². The van der Waals surface area contributed by atoms with Crippen molar-refractivity contribution in [3.05, 3.63) is 64.6 Å². The molecule has 0 saturated carbocycles. The Morgan fingerprint density at radius 3 is 2.55 bits per heavy atom. The van der Waals surface area contributed by atoms with Gasteiger partial charge < -0.3 is 11.1 Å². The molecule has 0 amide bonds. The molecular formula is C17H15BrN2. The third kappa shape index (κ3) is 2.49. The van der Waals surface area contributed by atoms with Gasteiger partial charge in [-0.15, -0.1) is 0 Å². The quantitative estimate of drug-likeness (QED) is 0.632. The van der Waals surface area contributed by atoms with Crippen LogP contribution in [-0.4, -0.2) is 0 Å². The molecule has 0 spiro atoms. The van der Waals surface area contributed by atoms with Crippen LogP contribution in [0.1, 0.15) is 5.56 Å². The highest BCUT2D eigenvalue weighted by Gasteiger charge is 2.02. The summed E-state index contributed by atoms with van der Waals surface area (Å²) in [5.74, 6) is 0. The SMILES string of the molecule is Cc1c(N)cccc1Nc1ccc2cc(Br)ccc2c1. The lowest BCUT2D eigenvalue weighted by Gasteiger charge is -2.12. The monoisotopic (exact) mass is 326 g/mol. The number of nitrogen functional groups attached to an aromatic ring is 1. The Morgan fingerprint density at radius 1 is 0.950 bits per heavy atom. The molecule has 3 heteroatoms. The van der Waals surface area contributed by atoms with E-state index < -0.39 is 0 Å². The van der Waals surface area contributed by atoms with Crippen molar-refractivity contribution < 1.29 is 0 Å². The molecule has 0 atom stereocenters. The molecule has 20 heavy (non-hydrogen) atoms. The molecule has 3 N–H and O–H groups in total. The third-order valence-electron chi connectivity index (χ3n) is 3.46. The summed E-state index contributed by atoms with van der Waals surface area (Å²) in [7, 11) is 0. The van der Waals surface area contributed by atoms with Crippen LogP contribution in [0.3, 0.4) is 0 Å². The smallest absolute Gasteiger partial charge is 0.0434 e. The Kier molecular flexibility index (Phi) is 3.36. The van der Waals surface area contributed by atoms with E-state index in [0.717, 1.165) is 27.1 Å². The molecule has 3 aromatic rings. The summed E-state index contributed by atoms with van der Waals surface area (Å²) in [6.07, 6.45) is 0. The molecule has 0 bridgehead atoms. The predicted molar refractivity (Wildman–Crippen MR) is 90.5 cm³/mol. The minimum absolute atomic E-state index is 0.805. The Labute approximate surface area is 126 Å². The summed E-state index contributed by atoms with van der Waals surface area (Å²) >= 11 is 3.49. The zero-order valence-electron chi connectivity index (χ0n) is 11.2. The lowest BCUT2D eigenvalue weighted by atomic mass is 10.1. The van der Waals surface area contributed by atoms with Crippen LogP contribution in [0.4, 0.5) is 17.1 Å². The summed E-state index contributed by atoms with van der Waals surface area (Å²) in [6.45, 7) is 2.02. The van der Waals surface area contributed by atoms with E-state index in [0.29, 0.717) is 0 Å². The maximum absolute atomic E-state index is 5.94. The number of halogens is 1. The average molecular weight is 327 g/mol. The van der Waals surface area contributed by atoms with Crippen molar-refractivity contribution in [2.24, 2.45) is 0 Å². The van der Waals surface area contributed by atoms with Crippen molar-refractivity contribution >= 4 is 43.8 Å². The van der Waals surface area contributed by atoms with Crippen LogP contribution in [0.25, 0.3) is 10.8 Å². The molecule has 3 aromatic carbocycles. The van der Waals surface area contributed by atoms with Gasteiger partial charge in [0, 0.05) is 21.5 Å². The van der Waals surface area contributed by atoms with Crippen molar-refractivity contribution in [3.63, 3.8) is 0 Å². The lowest BCUT2D eigenvalue weighted by Crippen LogP contribution is -1.96. The maximum atomic E-state index is 5.94. The molecule has 0 radical (unpaired) electrons. The molecule has 0 aliphatic carbocycles. The molecule has 3 rings (SSSR count). The second kappa shape index (κ2) is 5.17. The summed E-state index contributed by atoms with van der Waals surface area (Å²) in [4.78, 5) is 0. The Balaban J connectivity index is 1.99. The highest BCUT2D eigenvalue weighted by molar-refractivity contribution is 9.10. The molecule has 100 valence electrons. The van der Waals surface area contributed by atoms with Crippen molar-refractivity contribution in [2.45, 2.75) is 6.92 Å². The number of nitrogens with one attached hydrogen (secondary N) is 1. The van der Waals surface area contributed by atoms with Crippen molar-refractivity contribution in [1.29, 1.82) is 0 Å². The van der Waals surface area contributed by atoms with Crippen LogP contribution >= 0.6 is 15.9 Å². The topological polar surface area (TPSA) is 38.0 Å². The fourth-order valence-electron chi connectivity index (χ4n) is 2.24. The van der Waals surface area contributed by atoms with Gasteiger partial charge in [-0.1, -0.05) is 34.1 Å². The first-order valence-electron chi connectivity index (χ1n) is 6.45. The number of nitrogens with two attached hydrogens (primary N) is 1. The van der Waals surface area contributed by atoms with Crippen molar-refractivity contribution in [2.75, 3.05) is 11.1 Å². The molecule has 0 fully saturated rings. The first-order chi connectivity index (χ1) is 9.63. The minimum Gasteiger partial charge on any atom is -0.398 e. The van der Waals surface area contributed by atoms with Gasteiger partial charge in [0.25, 0.3) is 0 Å². The number of fused-ring (bicyclic) bond motifs is 1. The Bertz CT molecular complexity index is 781. The van der Waals surface area contributed by atoms with E-state index in [1.165, 1.54) is 10.8 Å². The van der Waals surface area contributed by atoms with Gasteiger partial charge in [-0.25, -0.2) is 0 Å². The van der Waals surface area contributed by atoms with Gasteiger partial charge in [0.15, 0.2) is 0 Å². The van der Waals surface area contributed by atoms with E-state index in [-0.39, 0.29) is 0 Å². The van der Waals surface area contributed by atoms with Gasteiger partial charge in [0.1, 0.15) is 0 Å². The predicted octanol–water partition coefficient (Wildman–Crippen LogP) is 5.24. The maximum Gasteiger partial charge on any atom is 0.0434 e. The highest BCUT2D eigenvalue weighted by Crippen LogP contribution is 2.27. The number of benzene rings is 3. The fourth-order valence-corrected chi connectivity index (χ4v) is 2.62. The summed E-state index contributed by atoms with van der Waals surface area (Å²) in [5, 5.41) is 5.85. The first kappa shape index (κ1) is 13.0. The second-order valence-electron chi connectivity index (χ2n) is 4.85. The highest BCUT2D eigenvalue weighted by atomic mass is 79.9. The van der Waals surface area contributed by atoms with Gasteiger partial charge >= 0.3 is 0 Å². The van der Waals surface area contributed by atoms with Crippen LogP contribution in [0.15, 0.2) is 59.1 Å². The van der Waals surface area contributed by atoms with E-state index in [2.05, 4.69) is 57.6 Å². The molecule has 0 aromatic heterocycles. The van der Waals surface area contributed by atoms with Gasteiger partial charge in [0.2, 0.25) is 0 Å². The molecule has 0 aliphatic rings. The van der Waals surface area contributed by atoms with Gasteiger partial charge in [-0.3, -0.25) is 0 Å². The standard InChI is InChI=1S/C17H15BrN2/c1-11-16(19)3-2-4-17(11)20-15-8-6-12-9-14(18)7-5-13(12)10-15/h2-10,20H,19H2,1H3. The van der Waals surface area contributed by atoms with E-state index >= 15 is 0 Å². The fraction of sp³-hybridized carbons (Fsp3) is 0.0588. The van der Waals surface area contributed by atoms with E-state index in [9.17, 15) is 0 Å². The van der Waals surface area contributed by atoms with E-state index in [4.69, 9.17) is 5.73 Å². The third-order valence-corrected chi connectivity index (χ3v) is 3.95. The zero-order valence-corrected chi connectivity index (χ0v) is 12.7. The van der Waals surface area contributed by atoms with Crippen LogP contribution in [0.5, 0.6) is 0 Å². The number of anilines is 3. The number of hydrogen-bond donors (Lipinski definition) is 2. The van der Waals surface area contributed by atoms with Crippen LogP contribution in [0.2, 0.25) is 0 Å². The zero-order chi connectivity index (χ0) is 14.1. The van der Waals surface area contributed by atoms with Crippen LogP contribution in [-0.2, 0) is 0 Å². The van der Waals surface area contributed by atoms with Gasteiger partial charge in [0.05, 0.1) is 0 Å².